The second-order valence-electron chi connectivity index (χ2n) is 3.61. The molecular formula is C13H20NO2. The van der Waals surface area contributed by atoms with E-state index < -0.39 is 0 Å². The first-order chi connectivity index (χ1) is 7.81. The Labute approximate surface area is 97.8 Å². The summed E-state index contributed by atoms with van der Waals surface area (Å²) in [5.74, 6) is 1.56. The van der Waals surface area contributed by atoms with Crippen LogP contribution >= 0.6 is 0 Å². The Bertz CT molecular complexity index is 313. The highest BCUT2D eigenvalue weighted by Crippen LogP contribution is 2.27. The molecule has 0 atom stereocenters. The lowest BCUT2D eigenvalue weighted by atomic mass is 10.1. The van der Waals surface area contributed by atoms with Gasteiger partial charge in [0.1, 0.15) is 0 Å². The van der Waals surface area contributed by atoms with Crippen LogP contribution in [-0.4, -0.2) is 27.3 Å². The summed E-state index contributed by atoms with van der Waals surface area (Å²) < 4.78 is 10.4. The minimum absolute atomic E-state index is 0.775. The van der Waals surface area contributed by atoms with E-state index in [4.69, 9.17) is 9.47 Å². The van der Waals surface area contributed by atoms with Gasteiger partial charge in [0.25, 0.3) is 0 Å². The largest absolute Gasteiger partial charge is 0.493 e. The average Bonchev–Trinajstić information content (AvgIpc) is 2.34. The number of ether oxygens (including phenoxy) is 2. The summed E-state index contributed by atoms with van der Waals surface area (Å²) in [4.78, 5) is 0. The lowest BCUT2D eigenvalue weighted by Gasteiger charge is -2.09. The molecular weight excluding hydrogens is 202 g/mol. The molecule has 0 aromatic heterocycles. The summed E-state index contributed by atoms with van der Waals surface area (Å²) in [5.41, 5.74) is 1.23. The van der Waals surface area contributed by atoms with Gasteiger partial charge in [-0.05, 0) is 30.5 Å². The van der Waals surface area contributed by atoms with Gasteiger partial charge < -0.3 is 9.47 Å². The monoisotopic (exact) mass is 222 g/mol. The van der Waals surface area contributed by atoms with Crippen molar-refractivity contribution in [2.75, 3.05) is 27.3 Å². The minimum atomic E-state index is 0.775. The first-order valence-electron chi connectivity index (χ1n) is 5.66. The van der Waals surface area contributed by atoms with E-state index in [9.17, 15) is 0 Å². The van der Waals surface area contributed by atoms with Gasteiger partial charge in [-0.15, -0.1) is 0 Å². The molecule has 16 heavy (non-hydrogen) atoms. The Morgan fingerprint density at radius 1 is 1.06 bits per heavy atom. The summed E-state index contributed by atoms with van der Waals surface area (Å²) in [7, 11) is 3.30. The minimum Gasteiger partial charge on any atom is -0.493 e. The van der Waals surface area contributed by atoms with Gasteiger partial charge in [-0.1, -0.05) is 13.0 Å². The van der Waals surface area contributed by atoms with Crippen molar-refractivity contribution in [1.82, 2.24) is 5.32 Å². The van der Waals surface area contributed by atoms with E-state index in [0.29, 0.717) is 0 Å². The Hall–Kier alpha value is -1.22. The van der Waals surface area contributed by atoms with Crippen LogP contribution < -0.4 is 14.8 Å². The summed E-state index contributed by atoms with van der Waals surface area (Å²) in [6.07, 6.45) is 2.08. The van der Waals surface area contributed by atoms with Crippen molar-refractivity contribution in [2.45, 2.75) is 19.8 Å². The first-order valence-corrected chi connectivity index (χ1v) is 5.66. The third-order valence-corrected chi connectivity index (χ3v) is 2.39. The second kappa shape index (κ2) is 7.12. The third kappa shape index (κ3) is 3.74. The summed E-state index contributed by atoms with van der Waals surface area (Å²) >= 11 is 0. The standard InChI is InChI=1S/C13H20NO2/c1-4-8-14-9-7-11-5-6-12(15-2)13(10-11)16-3/h5-6,10H,4,7-9H2,1-3H3. The number of nitrogens with zero attached hydrogens (tertiary/aromatic N) is 1. The van der Waals surface area contributed by atoms with Gasteiger partial charge in [0.05, 0.1) is 14.2 Å². The van der Waals surface area contributed by atoms with E-state index in [1.54, 1.807) is 14.2 Å². The van der Waals surface area contributed by atoms with Crippen LogP contribution in [0, 0.1) is 0 Å². The first kappa shape index (κ1) is 12.8. The predicted molar refractivity (Wildman–Crippen MR) is 65.4 cm³/mol. The second-order valence-corrected chi connectivity index (χ2v) is 3.61. The number of rotatable bonds is 7. The quantitative estimate of drug-likeness (QED) is 0.663. The molecule has 1 radical (unpaired) electrons. The number of benzene rings is 1. The van der Waals surface area contributed by atoms with Gasteiger partial charge >= 0.3 is 0 Å². The van der Waals surface area contributed by atoms with Crippen LogP contribution in [0.25, 0.3) is 0 Å². The molecule has 1 aromatic carbocycles. The normalized spacial score (nSPS) is 10.2. The Kier molecular flexibility index (Phi) is 5.72. The number of hydrogen-bond donors (Lipinski definition) is 0. The molecule has 0 saturated heterocycles. The molecule has 0 aliphatic heterocycles. The fourth-order valence-electron chi connectivity index (χ4n) is 1.51. The zero-order valence-corrected chi connectivity index (χ0v) is 10.3. The topological polar surface area (TPSA) is 32.6 Å². The molecule has 89 valence electrons. The Morgan fingerprint density at radius 2 is 1.81 bits per heavy atom. The highest BCUT2D eigenvalue weighted by atomic mass is 16.5. The number of hydrogen-bond acceptors (Lipinski definition) is 2. The van der Waals surface area contributed by atoms with E-state index in [2.05, 4.69) is 18.3 Å². The summed E-state index contributed by atoms with van der Waals surface area (Å²) in [6, 6.07) is 6.01. The lowest BCUT2D eigenvalue weighted by molar-refractivity contribution is 0.354. The number of methoxy groups -OCH3 is 2. The fourth-order valence-corrected chi connectivity index (χ4v) is 1.51. The fraction of sp³-hybridized carbons (Fsp3) is 0.538. The highest BCUT2D eigenvalue weighted by Gasteiger charge is 2.04. The van der Waals surface area contributed by atoms with Gasteiger partial charge in [-0.3, -0.25) is 0 Å². The molecule has 0 heterocycles. The van der Waals surface area contributed by atoms with Gasteiger partial charge in [0, 0.05) is 13.1 Å². The van der Waals surface area contributed by atoms with Crippen molar-refractivity contribution < 1.29 is 9.47 Å². The molecule has 0 spiro atoms. The molecule has 3 heteroatoms. The van der Waals surface area contributed by atoms with Crippen molar-refractivity contribution in [3.8, 4) is 11.5 Å². The van der Waals surface area contributed by atoms with Crippen LogP contribution in [0.15, 0.2) is 18.2 Å². The molecule has 0 aliphatic rings. The van der Waals surface area contributed by atoms with Crippen molar-refractivity contribution in [2.24, 2.45) is 0 Å². The van der Waals surface area contributed by atoms with Crippen LogP contribution in [-0.2, 0) is 6.42 Å². The average molecular weight is 222 g/mol. The third-order valence-electron chi connectivity index (χ3n) is 2.39. The van der Waals surface area contributed by atoms with Crippen LogP contribution in [0.4, 0.5) is 0 Å². The SMILES string of the molecule is CCC[N]CCc1ccc(OC)c(OC)c1. The molecule has 0 saturated carbocycles. The van der Waals surface area contributed by atoms with E-state index in [1.807, 2.05) is 12.1 Å². The van der Waals surface area contributed by atoms with Crippen molar-refractivity contribution in [3.63, 3.8) is 0 Å². The molecule has 0 aliphatic carbocycles. The van der Waals surface area contributed by atoms with Gasteiger partial charge in [0.2, 0.25) is 0 Å². The molecule has 3 nitrogen and oxygen atoms in total. The van der Waals surface area contributed by atoms with Gasteiger partial charge in [-0.25, -0.2) is 5.32 Å². The molecule has 0 fully saturated rings. The Morgan fingerprint density at radius 3 is 2.44 bits per heavy atom. The van der Waals surface area contributed by atoms with E-state index >= 15 is 0 Å². The predicted octanol–water partition coefficient (Wildman–Crippen LogP) is 2.26. The van der Waals surface area contributed by atoms with Crippen LogP contribution in [0.1, 0.15) is 18.9 Å². The molecule has 1 rings (SSSR count). The Balaban J connectivity index is 2.54. The highest BCUT2D eigenvalue weighted by molar-refractivity contribution is 5.42. The van der Waals surface area contributed by atoms with Crippen molar-refractivity contribution in [3.05, 3.63) is 23.8 Å². The molecule has 0 bridgehead atoms. The molecule has 0 N–H and O–H groups in total. The van der Waals surface area contributed by atoms with Gasteiger partial charge in [-0.2, -0.15) is 0 Å². The smallest absolute Gasteiger partial charge is 0.160 e. The summed E-state index contributed by atoms with van der Waals surface area (Å²) in [6.45, 7) is 3.97. The lowest BCUT2D eigenvalue weighted by Crippen LogP contribution is -2.09. The van der Waals surface area contributed by atoms with E-state index in [-0.39, 0.29) is 0 Å². The molecule has 0 amide bonds. The van der Waals surface area contributed by atoms with Crippen molar-refractivity contribution >= 4 is 0 Å². The van der Waals surface area contributed by atoms with Gasteiger partial charge in [0.15, 0.2) is 11.5 Å². The van der Waals surface area contributed by atoms with E-state index in [0.717, 1.165) is 37.4 Å². The van der Waals surface area contributed by atoms with Crippen LogP contribution in [0.5, 0.6) is 11.5 Å². The zero-order chi connectivity index (χ0) is 11.8. The van der Waals surface area contributed by atoms with E-state index in [1.165, 1.54) is 5.56 Å². The maximum absolute atomic E-state index is 5.25. The summed E-state index contributed by atoms with van der Waals surface area (Å²) in [5, 5.41) is 4.41. The molecule has 0 unspecified atom stereocenters. The maximum atomic E-state index is 5.25. The zero-order valence-electron chi connectivity index (χ0n) is 10.3. The van der Waals surface area contributed by atoms with Crippen molar-refractivity contribution in [1.29, 1.82) is 0 Å². The van der Waals surface area contributed by atoms with Crippen LogP contribution in [0.3, 0.4) is 0 Å². The van der Waals surface area contributed by atoms with Crippen LogP contribution in [0.2, 0.25) is 0 Å². The molecule has 1 aromatic rings. The maximum Gasteiger partial charge on any atom is 0.160 e.